The number of nitrogens with zero attached hydrogens (tertiary/aromatic N) is 1. The largest absolute Gasteiger partial charge is 0.398 e. The van der Waals surface area contributed by atoms with Crippen molar-refractivity contribution in [2.75, 3.05) is 26.0 Å². The van der Waals surface area contributed by atoms with Crippen LogP contribution in [0.25, 0.3) is 0 Å². The minimum Gasteiger partial charge on any atom is -0.398 e. The Bertz CT molecular complexity index is 575. The predicted molar refractivity (Wildman–Crippen MR) is 84.2 cm³/mol. The summed E-state index contributed by atoms with van der Waals surface area (Å²) in [5, 5.41) is 0. The Morgan fingerprint density at radius 1 is 1.45 bits per heavy atom. The van der Waals surface area contributed by atoms with E-state index in [1.165, 1.54) is 10.4 Å². The number of rotatable bonds is 6. The van der Waals surface area contributed by atoms with Crippen LogP contribution in [-0.2, 0) is 14.8 Å². The zero-order valence-corrected chi connectivity index (χ0v) is 14.6. The summed E-state index contributed by atoms with van der Waals surface area (Å²) < 4.78 is 32.7. The number of ether oxygens (including phenoxy) is 1. The minimum absolute atomic E-state index is 0.237. The van der Waals surface area contributed by atoms with Crippen molar-refractivity contribution in [2.24, 2.45) is 0 Å². The Hall–Kier alpha value is -0.630. The molecule has 114 valence electrons. The number of methoxy groups -OCH3 is 1. The molecule has 1 atom stereocenters. The molecule has 0 amide bonds. The highest BCUT2D eigenvalue weighted by atomic mass is 79.9. The summed E-state index contributed by atoms with van der Waals surface area (Å²) in [6.07, 6.45) is 0. The fourth-order valence-electron chi connectivity index (χ4n) is 2.12. The maximum atomic E-state index is 12.8. The van der Waals surface area contributed by atoms with Crippen LogP contribution in [0.2, 0.25) is 0 Å². The SMILES string of the molecule is CCN(C(C)COC)S(=O)(=O)c1cc(N)c(Br)cc1C. The third kappa shape index (κ3) is 3.52. The summed E-state index contributed by atoms with van der Waals surface area (Å²) in [4.78, 5) is 0.239. The van der Waals surface area contributed by atoms with E-state index in [0.717, 1.165) is 0 Å². The van der Waals surface area contributed by atoms with E-state index in [9.17, 15) is 8.42 Å². The molecule has 7 heteroatoms. The Balaban J connectivity index is 3.31. The van der Waals surface area contributed by atoms with Crippen molar-refractivity contribution in [2.45, 2.75) is 31.7 Å². The van der Waals surface area contributed by atoms with E-state index < -0.39 is 10.0 Å². The Morgan fingerprint density at radius 2 is 2.05 bits per heavy atom. The van der Waals surface area contributed by atoms with Gasteiger partial charge in [-0.25, -0.2) is 8.42 Å². The number of hydrogen-bond donors (Lipinski definition) is 1. The summed E-state index contributed by atoms with van der Waals surface area (Å²) in [6, 6.07) is 2.98. The topological polar surface area (TPSA) is 72.6 Å². The van der Waals surface area contributed by atoms with Gasteiger partial charge in [0.2, 0.25) is 10.0 Å². The molecule has 0 spiro atoms. The van der Waals surface area contributed by atoms with E-state index in [1.54, 1.807) is 27.0 Å². The fraction of sp³-hybridized carbons (Fsp3) is 0.538. The van der Waals surface area contributed by atoms with Gasteiger partial charge in [-0.05, 0) is 47.5 Å². The van der Waals surface area contributed by atoms with Crippen molar-refractivity contribution in [1.82, 2.24) is 4.31 Å². The van der Waals surface area contributed by atoms with Gasteiger partial charge in [-0.1, -0.05) is 6.92 Å². The number of benzene rings is 1. The van der Waals surface area contributed by atoms with Crippen LogP contribution in [-0.4, -0.2) is 39.0 Å². The first kappa shape index (κ1) is 17.4. The fourth-order valence-corrected chi connectivity index (χ4v) is 4.44. The second kappa shape index (κ2) is 6.89. The van der Waals surface area contributed by atoms with Gasteiger partial charge in [0.1, 0.15) is 0 Å². The molecule has 2 N–H and O–H groups in total. The molecule has 0 bridgehead atoms. The van der Waals surface area contributed by atoms with Crippen molar-refractivity contribution >= 4 is 31.6 Å². The number of hydrogen-bond acceptors (Lipinski definition) is 4. The Kier molecular flexibility index (Phi) is 6.00. The molecule has 0 aliphatic rings. The smallest absolute Gasteiger partial charge is 0.243 e. The molecule has 1 aromatic rings. The lowest BCUT2D eigenvalue weighted by Gasteiger charge is -2.27. The van der Waals surface area contributed by atoms with E-state index in [1.807, 2.05) is 6.92 Å². The lowest BCUT2D eigenvalue weighted by atomic mass is 10.2. The standard InChI is InChI=1S/C13H21BrN2O3S/c1-5-16(10(3)8-19-4)20(17,18)13-7-12(15)11(14)6-9(13)2/h6-7,10H,5,8,15H2,1-4H3. The summed E-state index contributed by atoms with van der Waals surface area (Å²) in [6.45, 7) is 6.11. The van der Waals surface area contributed by atoms with Crippen molar-refractivity contribution in [3.05, 3.63) is 22.2 Å². The number of aryl methyl sites for hydroxylation is 1. The molecule has 0 radical (unpaired) electrons. The molecule has 0 fully saturated rings. The van der Waals surface area contributed by atoms with Gasteiger partial charge in [-0.15, -0.1) is 0 Å². The number of sulfonamides is 1. The quantitative estimate of drug-likeness (QED) is 0.786. The molecule has 0 aliphatic carbocycles. The van der Waals surface area contributed by atoms with Crippen molar-refractivity contribution < 1.29 is 13.2 Å². The molecule has 5 nitrogen and oxygen atoms in total. The van der Waals surface area contributed by atoms with Gasteiger partial charge < -0.3 is 10.5 Å². The third-order valence-corrected chi connectivity index (χ3v) is 6.01. The predicted octanol–water partition coefficient (Wildman–Crippen LogP) is 2.39. The van der Waals surface area contributed by atoms with Crippen molar-refractivity contribution in [3.8, 4) is 0 Å². The van der Waals surface area contributed by atoms with Crippen LogP contribution in [0, 0.1) is 6.92 Å². The van der Waals surface area contributed by atoms with Gasteiger partial charge in [0, 0.05) is 29.9 Å². The van der Waals surface area contributed by atoms with Crippen molar-refractivity contribution in [1.29, 1.82) is 0 Å². The summed E-state index contributed by atoms with van der Waals surface area (Å²) in [7, 11) is -2.03. The second-order valence-corrected chi connectivity index (χ2v) is 7.37. The van der Waals surface area contributed by atoms with Crippen LogP contribution in [0.1, 0.15) is 19.4 Å². The van der Waals surface area contributed by atoms with Crippen molar-refractivity contribution in [3.63, 3.8) is 0 Å². The van der Waals surface area contributed by atoms with Gasteiger partial charge >= 0.3 is 0 Å². The molecule has 1 unspecified atom stereocenters. The Morgan fingerprint density at radius 3 is 2.55 bits per heavy atom. The van der Waals surface area contributed by atoms with Gasteiger partial charge in [0.15, 0.2) is 0 Å². The van der Waals surface area contributed by atoms with Gasteiger partial charge in [0.05, 0.1) is 11.5 Å². The minimum atomic E-state index is -3.59. The number of anilines is 1. The van der Waals surface area contributed by atoms with Crippen LogP contribution in [0.4, 0.5) is 5.69 Å². The molecule has 0 aromatic heterocycles. The molecular weight excluding hydrogens is 344 g/mol. The second-order valence-electron chi connectivity index (χ2n) is 4.65. The zero-order chi connectivity index (χ0) is 15.5. The van der Waals surface area contributed by atoms with Gasteiger partial charge in [0.25, 0.3) is 0 Å². The third-order valence-electron chi connectivity index (χ3n) is 3.09. The average Bonchev–Trinajstić information content (AvgIpc) is 2.34. The lowest BCUT2D eigenvalue weighted by Crippen LogP contribution is -2.41. The number of likely N-dealkylation sites (N-methyl/N-ethyl adjacent to an activating group) is 1. The molecule has 0 aliphatic heterocycles. The lowest BCUT2D eigenvalue weighted by molar-refractivity contribution is 0.142. The zero-order valence-electron chi connectivity index (χ0n) is 12.2. The molecular formula is C13H21BrN2O3S. The highest BCUT2D eigenvalue weighted by molar-refractivity contribution is 9.10. The normalized spacial score (nSPS) is 13.7. The first-order valence-electron chi connectivity index (χ1n) is 6.32. The van der Waals surface area contributed by atoms with Gasteiger partial charge in [-0.3, -0.25) is 0 Å². The average molecular weight is 365 g/mol. The maximum Gasteiger partial charge on any atom is 0.243 e. The van der Waals surface area contributed by atoms with E-state index in [2.05, 4.69) is 15.9 Å². The van der Waals surface area contributed by atoms with Crippen LogP contribution in [0.15, 0.2) is 21.5 Å². The summed E-state index contributed by atoms with van der Waals surface area (Å²) >= 11 is 3.30. The van der Waals surface area contributed by atoms with Crippen LogP contribution in [0.3, 0.4) is 0 Å². The van der Waals surface area contributed by atoms with Crippen LogP contribution in [0.5, 0.6) is 0 Å². The highest BCUT2D eigenvalue weighted by Gasteiger charge is 2.29. The van der Waals surface area contributed by atoms with E-state index in [4.69, 9.17) is 10.5 Å². The molecule has 0 saturated carbocycles. The number of halogens is 1. The number of nitrogen functional groups attached to an aromatic ring is 1. The summed E-state index contributed by atoms with van der Waals surface area (Å²) in [5.74, 6) is 0. The van der Waals surface area contributed by atoms with Crippen LogP contribution >= 0.6 is 15.9 Å². The molecule has 0 heterocycles. The van der Waals surface area contributed by atoms with Gasteiger partial charge in [-0.2, -0.15) is 4.31 Å². The maximum absolute atomic E-state index is 12.8. The first-order chi connectivity index (χ1) is 9.25. The van der Waals surface area contributed by atoms with E-state index >= 15 is 0 Å². The Labute approximate surface area is 129 Å². The highest BCUT2D eigenvalue weighted by Crippen LogP contribution is 2.29. The van der Waals surface area contributed by atoms with E-state index in [-0.39, 0.29) is 10.9 Å². The molecule has 1 aromatic carbocycles. The summed E-state index contributed by atoms with van der Waals surface area (Å²) in [5.41, 5.74) is 6.88. The van der Waals surface area contributed by atoms with Crippen LogP contribution < -0.4 is 5.73 Å². The molecule has 1 rings (SSSR count). The molecule has 20 heavy (non-hydrogen) atoms. The van der Waals surface area contributed by atoms with E-state index in [0.29, 0.717) is 28.9 Å². The monoisotopic (exact) mass is 364 g/mol. The molecule has 0 saturated heterocycles. The number of nitrogens with two attached hydrogens (primary N) is 1. The first-order valence-corrected chi connectivity index (χ1v) is 8.55.